The Morgan fingerprint density at radius 2 is 2.26 bits per heavy atom. The van der Waals surface area contributed by atoms with E-state index in [2.05, 4.69) is 4.98 Å². The Hall–Kier alpha value is -2.08. The molecular weight excluding hydrogens is 272 g/mol. The van der Waals surface area contributed by atoms with Gasteiger partial charge in [-0.2, -0.15) is 0 Å². The molecule has 0 saturated carbocycles. The van der Waals surface area contributed by atoms with E-state index in [0.29, 0.717) is 0 Å². The Bertz CT molecular complexity index is 724. The minimum absolute atomic E-state index is 0.104. The fourth-order valence-corrected chi connectivity index (χ4v) is 1.92. The highest BCUT2D eigenvalue weighted by molar-refractivity contribution is 6.31. The standard InChI is InChI=1S/C12H11ClN2O4/c1-3-19-12(18)8-9(16)7-4-6(13)5-14-10(7)15(2)11(8)17/h4-5,16H,3H2,1-2H3. The lowest BCUT2D eigenvalue weighted by Gasteiger charge is -2.10. The van der Waals surface area contributed by atoms with Gasteiger partial charge < -0.3 is 9.84 Å². The van der Waals surface area contributed by atoms with Crippen molar-refractivity contribution < 1.29 is 14.6 Å². The van der Waals surface area contributed by atoms with Crippen LogP contribution in [0, 0.1) is 0 Å². The summed E-state index contributed by atoms with van der Waals surface area (Å²) < 4.78 is 5.92. The summed E-state index contributed by atoms with van der Waals surface area (Å²) in [6.45, 7) is 1.71. The van der Waals surface area contributed by atoms with Gasteiger partial charge >= 0.3 is 5.97 Å². The van der Waals surface area contributed by atoms with Gasteiger partial charge in [0.2, 0.25) is 0 Å². The highest BCUT2D eigenvalue weighted by atomic mass is 35.5. The molecule has 0 unspecified atom stereocenters. The molecule has 0 radical (unpaired) electrons. The van der Waals surface area contributed by atoms with Crippen molar-refractivity contribution in [3.63, 3.8) is 0 Å². The summed E-state index contributed by atoms with van der Waals surface area (Å²) in [6, 6.07) is 1.43. The minimum atomic E-state index is -0.873. The molecule has 2 heterocycles. The van der Waals surface area contributed by atoms with E-state index in [0.717, 1.165) is 4.57 Å². The third kappa shape index (κ3) is 2.15. The number of carbonyl (C=O) groups is 1. The molecule has 2 rings (SSSR count). The topological polar surface area (TPSA) is 81.4 Å². The number of rotatable bonds is 2. The van der Waals surface area contributed by atoms with Gasteiger partial charge in [0.15, 0.2) is 5.56 Å². The first kappa shape index (κ1) is 13.4. The molecule has 0 aliphatic rings. The summed E-state index contributed by atoms with van der Waals surface area (Å²) >= 11 is 5.80. The minimum Gasteiger partial charge on any atom is -0.506 e. The van der Waals surface area contributed by atoms with Gasteiger partial charge in [-0.05, 0) is 13.0 Å². The number of aromatic hydroxyl groups is 1. The Balaban J connectivity index is 2.86. The van der Waals surface area contributed by atoms with Crippen LogP contribution in [-0.4, -0.2) is 27.2 Å². The normalized spacial score (nSPS) is 10.7. The molecule has 19 heavy (non-hydrogen) atoms. The van der Waals surface area contributed by atoms with Gasteiger partial charge in [0.1, 0.15) is 11.4 Å². The largest absolute Gasteiger partial charge is 0.506 e. The van der Waals surface area contributed by atoms with Crippen molar-refractivity contribution in [2.75, 3.05) is 6.61 Å². The Morgan fingerprint density at radius 1 is 1.58 bits per heavy atom. The molecule has 2 aromatic heterocycles. The van der Waals surface area contributed by atoms with Crippen LogP contribution in [0.5, 0.6) is 5.75 Å². The summed E-state index contributed by atoms with van der Waals surface area (Å²) in [7, 11) is 1.45. The lowest BCUT2D eigenvalue weighted by molar-refractivity contribution is 0.0520. The van der Waals surface area contributed by atoms with Crippen LogP contribution in [0.25, 0.3) is 11.0 Å². The summed E-state index contributed by atoms with van der Waals surface area (Å²) in [5.74, 6) is -1.34. The van der Waals surface area contributed by atoms with Crippen LogP contribution in [0.1, 0.15) is 17.3 Å². The number of aromatic nitrogens is 2. The van der Waals surface area contributed by atoms with Crippen LogP contribution in [0.15, 0.2) is 17.1 Å². The molecule has 0 saturated heterocycles. The highest BCUT2D eigenvalue weighted by Gasteiger charge is 2.22. The molecule has 100 valence electrons. The molecule has 2 aromatic rings. The van der Waals surface area contributed by atoms with Crippen molar-refractivity contribution in [3.8, 4) is 5.75 Å². The van der Waals surface area contributed by atoms with Crippen molar-refractivity contribution >= 4 is 28.6 Å². The predicted octanol–water partition coefficient (Wildman–Crippen LogP) is 1.47. The number of ether oxygens (including phenoxy) is 1. The molecule has 0 atom stereocenters. The first-order chi connectivity index (χ1) is 8.97. The van der Waals surface area contributed by atoms with Crippen LogP contribution < -0.4 is 5.56 Å². The van der Waals surface area contributed by atoms with Crippen molar-refractivity contribution in [1.82, 2.24) is 9.55 Å². The summed E-state index contributed by atoms with van der Waals surface area (Å²) in [5.41, 5.74) is -0.848. The van der Waals surface area contributed by atoms with Crippen molar-refractivity contribution in [1.29, 1.82) is 0 Å². The quantitative estimate of drug-likeness (QED) is 0.844. The third-order valence-corrected chi connectivity index (χ3v) is 2.85. The number of pyridine rings is 2. The van der Waals surface area contributed by atoms with Crippen molar-refractivity contribution in [2.24, 2.45) is 7.05 Å². The number of halogens is 1. The molecular formula is C12H11ClN2O4. The van der Waals surface area contributed by atoms with Crippen LogP contribution >= 0.6 is 11.6 Å². The van der Waals surface area contributed by atoms with Gasteiger partial charge in [-0.25, -0.2) is 9.78 Å². The molecule has 0 fully saturated rings. The molecule has 0 bridgehead atoms. The third-order valence-electron chi connectivity index (χ3n) is 2.64. The molecule has 0 amide bonds. The average molecular weight is 283 g/mol. The van der Waals surface area contributed by atoms with Crippen LogP contribution in [0.3, 0.4) is 0 Å². The lowest BCUT2D eigenvalue weighted by Crippen LogP contribution is -2.26. The maximum Gasteiger partial charge on any atom is 0.347 e. The van der Waals surface area contributed by atoms with Crippen LogP contribution in [0.4, 0.5) is 0 Å². The van der Waals surface area contributed by atoms with E-state index < -0.39 is 22.8 Å². The van der Waals surface area contributed by atoms with E-state index in [9.17, 15) is 14.7 Å². The maximum atomic E-state index is 12.0. The maximum absolute atomic E-state index is 12.0. The molecule has 7 heteroatoms. The van der Waals surface area contributed by atoms with Gasteiger partial charge in [0.25, 0.3) is 5.56 Å². The second kappa shape index (κ2) is 4.89. The lowest BCUT2D eigenvalue weighted by atomic mass is 10.1. The fourth-order valence-electron chi connectivity index (χ4n) is 1.76. The fraction of sp³-hybridized carbons (Fsp3) is 0.250. The monoisotopic (exact) mass is 282 g/mol. The van der Waals surface area contributed by atoms with E-state index in [1.54, 1.807) is 6.92 Å². The first-order valence-electron chi connectivity index (χ1n) is 5.51. The Labute approximate surface area is 113 Å². The highest BCUT2D eigenvalue weighted by Crippen LogP contribution is 2.27. The van der Waals surface area contributed by atoms with Gasteiger partial charge in [0.05, 0.1) is 17.0 Å². The van der Waals surface area contributed by atoms with E-state index >= 15 is 0 Å². The summed E-state index contributed by atoms with van der Waals surface area (Å²) in [5, 5.41) is 10.6. The van der Waals surface area contributed by atoms with Gasteiger partial charge in [-0.3, -0.25) is 9.36 Å². The van der Waals surface area contributed by atoms with Crippen molar-refractivity contribution in [3.05, 3.63) is 33.2 Å². The Kier molecular flexibility index (Phi) is 3.44. The SMILES string of the molecule is CCOC(=O)c1c(O)c2cc(Cl)cnc2n(C)c1=O. The molecule has 0 aromatic carbocycles. The molecule has 6 nitrogen and oxygen atoms in total. The number of nitrogens with zero attached hydrogens (tertiary/aromatic N) is 2. The van der Waals surface area contributed by atoms with Gasteiger partial charge in [-0.1, -0.05) is 11.6 Å². The molecule has 0 aliphatic heterocycles. The van der Waals surface area contributed by atoms with E-state index in [1.807, 2.05) is 0 Å². The van der Waals surface area contributed by atoms with E-state index in [1.165, 1.54) is 19.3 Å². The zero-order valence-corrected chi connectivity index (χ0v) is 11.1. The predicted molar refractivity (Wildman–Crippen MR) is 69.6 cm³/mol. The molecule has 1 N–H and O–H groups in total. The van der Waals surface area contributed by atoms with E-state index in [-0.39, 0.29) is 22.7 Å². The molecule has 0 aliphatic carbocycles. The summed E-state index contributed by atoms with van der Waals surface area (Å²) in [4.78, 5) is 27.7. The number of esters is 1. The van der Waals surface area contributed by atoms with Crippen LogP contribution in [-0.2, 0) is 11.8 Å². The summed E-state index contributed by atoms with van der Waals surface area (Å²) in [6.07, 6.45) is 1.35. The average Bonchev–Trinajstić information content (AvgIpc) is 2.36. The number of carbonyl (C=O) groups excluding carboxylic acids is 1. The number of hydrogen-bond acceptors (Lipinski definition) is 5. The zero-order valence-electron chi connectivity index (χ0n) is 10.3. The Morgan fingerprint density at radius 3 is 2.89 bits per heavy atom. The zero-order chi connectivity index (χ0) is 14.2. The van der Waals surface area contributed by atoms with Crippen molar-refractivity contribution in [2.45, 2.75) is 6.92 Å². The first-order valence-corrected chi connectivity index (χ1v) is 5.89. The second-order valence-electron chi connectivity index (χ2n) is 3.83. The number of fused-ring (bicyclic) bond motifs is 1. The number of aryl methyl sites for hydroxylation is 1. The second-order valence-corrected chi connectivity index (χ2v) is 4.27. The van der Waals surface area contributed by atoms with E-state index in [4.69, 9.17) is 16.3 Å². The molecule has 0 spiro atoms. The smallest absolute Gasteiger partial charge is 0.347 e. The van der Waals surface area contributed by atoms with Crippen LogP contribution in [0.2, 0.25) is 5.02 Å². The number of hydrogen-bond donors (Lipinski definition) is 1. The van der Waals surface area contributed by atoms with Gasteiger partial charge in [-0.15, -0.1) is 0 Å². The van der Waals surface area contributed by atoms with Gasteiger partial charge in [0, 0.05) is 13.2 Å².